The molecule has 0 atom stereocenters. The number of benzene rings is 1. The van der Waals surface area contributed by atoms with Crippen molar-refractivity contribution in [3.05, 3.63) is 48.9 Å². The van der Waals surface area contributed by atoms with Crippen LogP contribution < -0.4 is 10.5 Å². The van der Waals surface area contributed by atoms with Gasteiger partial charge < -0.3 is 10.5 Å². The highest BCUT2D eigenvalue weighted by Gasteiger charge is 2.05. The van der Waals surface area contributed by atoms with E-state index in [0.29, 0.717) is 13.2 Å². The third-order valence-electron chi connectivity index (χ3n) is 2.79. The van der Waals surface area contributed by atoms with Gasteiger partial charge in [-0.1, -0.05) is 6.07 Å². The van der Waals surface area contributed by atoms with Crippen molar-refractivity contribution in [1.29, 1.82) is 0 Å². The minimum absolute atomic E-state index is 0.500. The summed E-state index contributed by atoms with van der Waals surface area (Å²) in [6.45, 7) is 1.01. The van der Waals surface area contributed by atoms with Crippen LogP contribution in [-0.4, -0.2) is 27.7 Å². The van der Waals surface area contributed by atoms with Crippen molar-refractivity contribution in [3.8, 4) is 11.4 Å². The zero-order valence-corrected chi connectivity index (χ0v) is 10.4. The number of nitrogens with two attached hydrogens (primary N) is 1. The van der Waals surface area contributed by atoms with Gasteiger partial charge in [-0.2, -0.15) is 0 Å². The monoisotopic (exact) mass is 254 g/mol. The number of hydrogen-bond acceptors (Lipinski definition) is 4. The zero-order chi connectivity index (χ0) is 13.1. The van der Waals surface area contributed by atoms with Gasteiger partial charge in [0.15, 0.2) is 5.65 Å². The van der Waals surface area contributed by atoms with E-state index < -0.39 is 0 Å². The molecule has 0 saturated carbocycles. The van der Waals surface area contributed by atoms with Crippen molar-refractivity contribution in [2.24, 2.45) is 5.73 Å². The van der Waals surface area contributed by atoms with E-state index in [4.69, 9.17) is 10.5 Å². The van der Waals surface area contributed by atoms with E-state index in [-0.39, 0.29) is 0 Å². The lowest BCUT2D eigenvalue weighted by Crippen LogP contribution is -2.10. The minimum atomic E-state index is 0.500. The van der Waals surface area contributed by atoms with Crippen LogP contribution >= 0.6 is 0 Å². The molecule has 5 heteroatoms. The number of hydrogen-bond donors (Lipinski definition) is 1. The highest BCUT2D eigenvalue weighted by Crippen LogP contribution is 2.20. The highest BCUT2D eigenvalue weighted by molar-refractivity contribution is 5.72. The average molecular weight is 254 g/mol. The Hall–Kier alpha value is -2.40. The lowest BCUT2D eigenvalue weighted by atomic mass is 10.3. The molecule has 2 aromatic heterocycles. The summed E-state index contributed by atoms with van der Waals surface area (Å²) in [6.07, 6.45) is 3.52. The lowest BCUT2D eigenvalue weighted by Gasteiger charge is -2.08. The van der Waals surface area contributed by atoms with E-state index in [1.165, 1.54) is 0 Å². The molecule has 2 heterocycles. The Morgan fingerprint density at radius 3 is 3.00 bits per heavy atom. The second kappa shape index (κ2) is 5.07. The number of aromatic nitrogens is 3. The van der Waals surface area contributed by atoms with Gasteiger partial charge in [0.05, 0.1) is 5.69 Å². The first kappa shape index (κ1) is 11.7. The molecule has 2 N–H and O–H groups in total. The van der Waals surface area contributed by atoms with Crippen molar-refractivity contribution in [2.45, 2.75) is 0 Å². The molecule has 19 heavy (non-hydrogen) atoms. The maximum absolute atomic E-state index is 5.53. The second-order valence-corrected chi connectivity index (χ2v) is 4.10. The third-order valence-corrected chi connectivity index (χ3v) is 2.79. The van der Waals surface area contributed by atoms with Crippen LogP contribution in [0.4, 0.5) is 0 Å². The predicted molar refractivity (Wildman–Crippen MR) is 73.4 cm³/mol. The van der Waals surface area contributed by atoms with Crippen LogP contribution in [0.15, 0.2) is 48.9 Å². The van der Waals surface area contributed by atoms with Crippen molar-refractivity contribution >= 4 is 11.2 Å². The third kappa shape index (κ3) is 2.28. The molecule has 0 saturated heterocycles. The van der Waals surface area contributed by atoms with Crippen molar-refractivity contribution in [3.63, 3.8) is 0 Å². The van der Waals surface area contributed by atoms with Crippen LogP contribution in [0.3, 0.4) is 0 Å². The van der Waals surface area contributed by atoms with Crippen LogP contribution in [0.2, 0.25) is 0 Å². The Labute approximate surface area is 110 Å². The number of fused-ring (bicyclic) bond motifs is 1. The first-order valence-corrected chi connectivity index (χ1v) is 6.10. The fourth-order valence-electron chi connectivity index (χ4n) is 1.94. The molecule has 0 aliphatic heterocycles. The summed E-state index contributed by atoms with van der Waals surface area (Å²) in [4.78, 5) is 8.68. The number of pyridine rings is 1. The zero-order valence-electron chi connectivity index (χ0n) is 10.4. The lowest BCUT2D eigenvalue weighted by molar-refractivity contribution is 0.328. The molecule has 0 fully saturated rings. The molecule has 0 unspecified atom stereocenters. The SMILES string of the molecule is NCCOc1cccc(-n2cnc3cccnc32)c1. The molecule has 0 bridgehead atoms. The van der Waals surface area contributed by atoms with Crippen LogP contribution in [-0.2, 0) is 0 Å². The summed E-state index contributed by atoms with van der Waals surface area (Å²) in [6, 6.07) is 11.6. The number of rotatable bonds is 4. The quantitative estimate of drug-likeness (QED) is 0.770. The maximum atomic E-state index is 5.53. The largest absolute Gasteiger partial charge is 0.492 e. The molecule has 96 valence electrons. The van der Waals surface area contributed by atoms with E-state index in [1.54, 1.807) is 12.5 Å². The Balaban J connectivity index is 2.01. The Kier molecular flexibility index (Phi) is 3.12. The van der Waals surface area contributed by atoms with Gasteiger partial charge in [-0.3, -0.25) is 4.57 Å². The predicted octanol–water partition coefficient (Wildman–Crippen LogP) is 1.76. The molecule has 5 nitrogen and oxygen atoms in total. The fourth-order valence-corrected chi connectivity index (χ4v) is 1.94. The van der Waals surface area contributed by atoms with Crippen LogP contribution in [0.5, 0.6) is 5.75 Å². The maximum Gasteiger partial charge on any atom is 0.164 e. The van der Waals surface area contributed by atoms with Crippen LogP contribution in [0.25, 0.3) is 16.9 Å². The second-order valence-electron chi connectivity index (χ2n) is 4.10. The first-order chi connectivity index (χ1) is 9.38. The van der Waals surface area contributed by atoms with E-state index in [0.717, 1.165) is 22.6 Å². The smallest absolute Gasteiger partial charge is 0.164 e. The topological polar surface area (TPSA) is 66.0 Å². The van der Waals surface area contributed by atoms with Gasteiger partial charge in [-0.25, -0.2) is 9.97 Å². The van der Waals surface area contributed by atoms with E-state index >= 15 is 0 Å². The van der Waals surface area contributed by atoms with E-state index in [2.05, 4.69) is 9.97 Å². The molecule has 3 rings (SSSR count). The first-order valence-electron chi connectivity index (χ1n) is 6.10. The Bertz CT molecular complexity index is 692. The summed E-state index contributed by atoms with van der Waals surface area (Å²) in [7, 11) is 0. The van der Waals surface area contributed by atoms with Crippen molar-refractivity contribution in [2.75, 3.05) is 13.2 Å². The Morgan fingerprint density at radius 1 is 1.16 bits per heavy atom. The molecule has 0 aliphatic rings. The van der Waals surface area contributed by atoms with Gasteiger partial charge in [-0.05, 0) is 24.3 Å². The van der Waals surface area contributed by atoms with Crippen LogP contribution in [0, 0.1) is 0 Å². The van der Waals surface area contributed by atoms with Gasteiger partial charge in [-0.15, -0.1) is 0 Å². The minimum Gasteiger partial charge on any atom is -0.492 e. The molecule has 0 spiro atoms. The summed E-state index contributed by atoms with van der Waals surface area (Å²) >= 11 is 0. The van der Waals surface area contributed by atoms with Gasteiger partial charge >= 0.3 is 0 Å². The molecular formula is C14H14N4O. The number of nitrogens with zero attached hydrogens (tertiary/aromatic N) is 3. The van der Waals surface area contributed by atoms with Crippen LogP contribution in [0.1, 0.15) is 0 Å². The fraction of sp³-hybridized carbons (Fsp3) is 0.143. The average Bonchev–Trinajstić information content (AvgIpc) is 2.89. The van der Waals surface area contributed by atoms with Gasteiger partial charge in [0.1, 0.15) is 24.2 Å². The molecule has 3 aromatic rings. The van der Waals surface area contributed by atoms with E-state index in [9.17, 15) is 0 Å². The molecular weight excluding hydrogens is 240 g/mol. The number of ether oxygens (including phenoxy) is 1. The molecule has 0 radical (unpaired) electrons. The molecule has 0 aliphatic carbocycles. The summed E-state index contributed by atoms with van der Waals surface area (Å²) in [5.41, 5.74) is 8.10. The van der Waals surface area contributed by atoms with Gasteiger partial charge in [0, 0.05) is 18.8 Å². The Morgan fingerprint density at radius 2 is 2.11 bits per heavy atom. The van der Waals surface area contributed by atoms with Crippen molar-refractivity contribution < 1.29 is 4.74 Å². The summed E-state index contributed by atoms with van der Waals surface area (Å²) in [5, 5.41) is 0. The van der Waals surface area contributed by atoms with Gasteiger partial charge in [0.25, 0.3) is 0 Å². The van der Waals surface area contributed by atoms with Gasteiger partial charge in [0.2, 0.25) is 0 Å². The summed E-state index contributed by atoms with van der Waals surface area (Å²) in [5.74, 6) is 0.792. The normalized spacial score (nSPS) is 10.8. The number of imidazole rings is 1. The van der Waals surface area contributed by atoms with Crippen molar-refractivity contribution in [1.82, 2.24) is 14.5 Å². The van der Waals surface area contributed by atoms with E-state index in [1.807, 2.05) is 41.0 Å². The molecule has 0 amide bonds. The summed E-state index contributed by atoms with van der Waals surface area (Å²) < 4.78 is 7.46. The molecule has 1 aromatic carbocycles. The standard InChI is InChI=1S/C14H14N4O/c15-6-8-19-12-4-1-3-11(9-12)18-10-17-13-5-2-7-16-14(13)18/h1-5,7,9-10H,6,8,15H2. The highest BCUT2D eigenvalue weighted by atomic mass is 16.5.